The van der Waals surface area contributed by atoms with Crippen molar-refractivity contribution in [1.82, 2.24) is 15.5 Å². The van der Waals surface area contributed by atoms with Crippen LogP contribution in [0.1, 0.15) is 6.92 Å². The largest absolute Gasteiger partial charge is 0.316 e. The molecule has 1 aromatic rings. The minimum atomic E-state index is -0.283. The summed E-state index contributed by atoms with van der Waals surface area (Å²) >= 11 is 0. The van der Waals surface area contributed by atoms with Crippen LogP contribution in [0.25, 0.3) is 0 Å². The van der Waals surface area contributed by atoms with Crippen LogP contribution < -0.4 is 16.2 Å². The Morgan fingerprint density at radius 1 is 1.50 bits per heavy atom. The van der Waals surface area contributed by atoms with E-state index in [1.165, 1.54) is 12.1 Å². The van der Waals surface area contributed by atoms with Crippen molar-refractivity contribution < 1.29 is 4.79 Å². The average molecular weight is 222 g/mol. The van der Waals surface area contributed by atoms with Gasteiger partial charge in [0.25, 0.3) is 5.56 Å². The van der Waals surface area contributed by atoms with E-state index in [0.717, 1.165) is 6.54 Å². The van der Waals surface area contributed by atoms with Crippen molar-refractivity contribution in [2.24, 2.45) is 11.8 Å². The number of anilines is 1. The Labute approximate surface area is 92.4 Å². The van der Waals surface area contributed by atoms with Crippen molar-refractivity contribution in [1.29, 1.82) is 0 Å². The molecule has 0 spiro atoms. The van der Waals surface area contributed by atoms with Crippen LogP contribution in [0.4, 0.5) is 5.82 Å². The Morgan fingerprint density at radius 3 is 2.88 bits per heavy atom. The van der Waals surface area contributed by atoms with E-state index in [2.05, 4.69) is 20.8 Å². The molecule has 2 atom stereocenters. The minimum Gasteiger partial charge on any atom is -0.316 e. The van der Waals surface area contributed by atoms with Gasteiger partial charge >= 0.3 is 0 Å². The number of hydrogen-bond acceptors (Lipinski definition) is 4. The molecule has 2 heterocycles. The molecule has 1 fully saturated rings. The molecular weight excluding hydrogens is 208 g/mol. The van der Waals surface area contributed by atoms with Gasteiger partial charge in [0, 0.05) is 12.6 Å². The third-order valence-electron chi connectivity index (χ3n) is 2.78. The summed E-state index contributed by atoms with van der Waals surface area (Å²) in [7, 11) is 0. The molecule has 1 aliphatic rings. The lowest BCUT2D eigenvalue weighted by Crippen LogP contribution is -2.28. The van der Waals surface area contributed by atoms with Gasteiger partial charge in [0.05, 0.1) is 5.92 Å². The molecule has 2 unspecified atom stereocenters. The van der Waals surface area contributed by atoms with Gasteiger partial charge in [-0.15, -0.1) is 0 Å². The first-order chi connectivity index (χ1) is 7.66. The van der Waals surface area contributed by atoms with Gasteiger partial charge in [0.1, 0.15) is 0 Å². The number of aromatic nitrogens is 2. The SMILES string of the molecule is CC1CNCC1C(=O)Nc1ccc(=O)[nH]n1. The summed E-state index contributed by atoms with van der Waals surface area (Å²) in [5.74, 6) is 0.609. The summed E-state index contributed by atoms with van der Waals surface area (Å²) in [5, 5.41) is 11.8. The fraction of sp³-hybridized carbons (Fsp3) is 0.500. The molecule has 0 aromatic carbocycles. The fourth-order valence-corrected chi connectivity index (χ4v) is 1.79. The van der Waals surface area contributed by atoms with Crippen molar-refractivity contribution in [3.63, 3.8) is 0 Å². The Hall–Kier alpha value is -1.69. The molecular formula is C10H14N4O2. The van der Waals surface area contributed by atoms with Gasteiger partial charge in [-0.1, -0.05) is 6.92 Å². The standard InChI is InChI=1S/C10H14N4O2/c1-6-4-11-5-7(6)10(16)12-8-2-3-9(15)14-13-8/h2-3,6-7,11H,4-5H2,1H3,(H,14,15)(H,12,13,16). The lowest BCUT2D eigenvalue weighted by Gasteiger charge is -2.13. The van der Waals surface area contributed by atoms with Crippen molar-refractivity contribution in [2.75, 3.05) is 18.4 Å². The van der Waals surface area contributed by atoms with Crippen LogP contribution in [0.15, 0.2) is 16.9 Å². The predicted octanol–water partition coefficient (Wildman–Crippen LogP) is -0.436. The topological polar surface area (TPSA) is 86.9 Å². The minimum absolute atomic E-state index is 0.0336. The number of nitrogens with zero attached hydrogens (tertiary/aromatic N) is 1. The number of amides is 1. The zero-order chi connectivity index (χ0) is 11.5. The van der Waals surface area contributed by atoms with Crippen LogP contribution in [0.3, 0.4) is 0 Å². The molecule has 6 heteroatoms. The first-order valence-corrected chi connectivity index (χ1v) is 5.24. The second kappa shape index (κ2) is 4.44. The van der Waals surface area contributed by atoms with Gasteiger partial charge in [0.2, 0.25) is 5.91 Å². The molecule has 1 saturated heterocycles. The highest BCUT2D eigenvalue weighted by molar-refractivity contribution is 5.92. The molecule has 6 nitrogen and oxygen atoms in total. The normalized spacial score (nSPS) is 24.3. The van der Waals surface area contributed by atoms with Crippen LogP contribution in [0, 0.1) is 11.8 Å². The molecule has 2 rings (SSSR count). The van der Waals surface area contributed by atoms with Gasteiger partial charge in [0.15, 0.2) is 5.82 Å². The molecule has 0 bridgehead atoms. The first-order valence-electron chi connectivity index (χ1n) is 5.24. The Kier molecular flexibility index (Phi) is 3.00. The average Bonchev–Trinajstić information content (AvgIpc) is 2.68. The monoisotopic (exact) mass is 222 g/mol. The van der Waals surface area contributed by atoms with E-state index in [-0.39, 0.29) is 17.4 Å². The van der Waals surface area contributed by atoms with E-state index in [1.54, 1.807) is 0 Å². The second-order valence-corrected chi connectivity index (χ2v) is 4.04. The van der Waals surface area contributed by atoms with Crippen LogP contribution in [0.5, 0.6) is 0 Å². The second-order valence-electron chi connectivity index (χ2n) is 4.04. The first kappa shape index (κ1) is 10.8. The Morgan fingerprint density at radius 2 is 2.31 bits per heavy atom. The number of H-pyrrole nitrogens is 1. The maximum absolute atomic E-state index is 11.8. The number of carbonyl (C=O) groups excluding carboxylic acids is 1. The molecule has 3 N–H and O–H groups in total. The highest BCUT2D eigenvalue weighted by Gasteiger charge is 2.29. The van der Waals surface area contributed by atoms with Gasteiger partial charge < -0.3 is 10.6 Å². The predicted molar refractivity (Wildman–Crippen MR) is 59.0 cm³/mol. The maximum atomic E-state index is 11.8. The van der Waals surface area contributed by atoms with Gasteiger partial charge in [-0.05, 0) is 18.5 Å². The summed E-state index contributed by atoms with van der Waals surface area (Å²) in [6.45, 7) is 3.58. The molecule has 1 amide bonds. The molecule has 1 aliphatic heterocycles. The van der Waals surface area contributed by atoms with Gasteiger partial charge in [-0.2, -0.15) is 5.10 Å². The zero-order valence-electron chi connectivity index (χ0n) is 8.99. The fourth-order valence-electron chi connectivity index (χ4n) is 1.79. The van der Waals surface area contributed by atoms with Crippen LogP contribution >= 0.6 is 0 Å². The van der Waals surface area contributed by atoms with Crippen molar-refractivity contribution in [3.05, 3.63) is 22.5 Å². The van der Waals surface area contributed by atoms with E-state index in [9.17, 15) is 9.59 Å². The quantitative estimate of drug-likeness (QED) is 0.633. The number of hydrogen-bond donors (Lipinski definition) is 3. The van der Waals surface area contributed by atoms with Crippen molar-refractivity contribution in [3.8, 4) is 0 Å². The maximum Gasteiger partial charge on any atom is 0.264 e. The lowest BCUT2D eigenvalue weighted by atomic mass is 9.97. The van der Waals surface area contributed by atoms with Crippen molar-refractivity contribution >= 4 is 11.7 Å². The summed E-state index contributed by atoms with van der Waals surface area (Å²) in [5.41, 5.74) is -0.283. The van der Waals surface area contributed by atoms with E-state index < -0.39 is 0 Å². The van der Waals surface area contributed by atoms with Gasteiger partial charge in [-0.3, -0.25) is 9.59 Å². The van der Waals surface area contributed by atoms with E-state index in [1.807, 2.05) is 6.92 Å². The van der Waals surface area contributed by atoms with Gasteiger partial charge in [-0.25, -0.2) is 5.10 Å². The molecule has 86 valence electrons. The summed E-state index contributed by atoms with van der Waals surface area (Å²) in [6, 6.07) is 2.82. The highest BCUT2D eigenvalue weighted by Crippen LogP contribution is 2.17. The zero-order valence-corrected chi connectivity index (χ0v) is 8.99. The number of nitrogens with one attached hydrogen (secondary N) is 3. The molecule has 1 aromatic heterocycles. The Bertz CT molecular complexity index is 422. The Balaban J connectivity index is 2.01. The van der Waals surface area contributed by atoms with E-state index >= 15 is 0 Å². The van der Waals surface area contributed by atoms with Crippen molar-refractivity contribution in [2.45, 2.75) is 6.92 Å². The third kappa shape index (κ3) is 2.27. The van der Waals surface area contributed by atoms with Crippen LogP contribution in [0.2, 0.25) is 0 Å². The van der Waals surface area contributed by atoms with E-state index in [0.29, 0.717) is 18.3 Å². The van der Waals surface area contributed by atoms with Crippen LogP contribution in [-0.2, 0) is 4.79 Å². The number of rotatable bonds is 2. The lowest BCUT2D eigenvalue weighted by molar-refractivity contribution is -0.120. The van der Waals surface area contributed by atoms with E-state index in [4.69, 9.17) is 0 Å². The third-order valence-corrected chi connectivity index (χ3v) is 2.78. The summed E-state index contributed by atoms with van der Waals surface area (Å²) in [4.78, 5) is 22.6. The summed E-state index contributed by atoms with van der Waals surface area (Å²) < 4.78 is 0. The number of aromatic amines is 1. The smallest absolute Gasteiger partial charge is 0.264 e. The molecule has 0 radical (unpaired) electrons. The summed E-state index contributed by atoms with van der Waals surface area (Å²) in [6.07, 6.45) is 0. The number of carbonyl (C=O) groups is 1. The molecule has 0 saturated carbocycles. The molecule has 0 aliphatic carbocycles. The molecule has 16 heavy (non-hydrogen) atoms. The highest BCUT2D eigenvalue weighted by atomic mass is 16.2. The van der Waals surface area contributed by atoms with Crippen LogP contribution in [-0.4, -0.2) is 29.2 Å².